The van der Waals surface area contributed by atoms with Crippen LogP contribution in [0, 0.1) is 0 Å². The minimum atomic E-state index is -0.495. The summed E-state index contributed by atoms with van der Waals surface area (Å²) in [6.45, 7) is 4.79. The van der Waals surface area contributed by atoms with Gasteiger partial charge in [0.2, 0.25) is 0 Å². The Morgan fingerprint density at radius 1 is 1.53 bits per heavy atom. The lowest BCUT2D eigenvalue weighted by Gasteiger charge is -2.10. The van der Waals surface area contributed by atoms with Gasteiger partial charge in [-0.2, -0.15) is 0 Å². The molecule has 2 aliphatic rings. The number of hydrogen-bond donors (Lipinski definition) is 1. The van der Waals surface area contributed by atoms with Crippen molar-refractivity contribution in [2.45, 2.75) is 45.3 Å². The van der Waals surface area contributed by atoms with E-state index in [0.29, 0.717) is 6.61 Å². The number of nitrogens with one attached hydrogen (secondary N) is 1. The van der Waals surface area contributed by atoms with Crippen molar-refractivity contribution in [2.75, 3.05) is 5.32 Å². The van der Waals surface area contributed by atoms with Gasteiger partial charge in [0.1, 0.15) is 10.6 Å². The molecular formula is C12H16BrNO2S. The lowest BCUT2D eigenvalue weighted by molar-refractivity contribution is -0.130. The highest BCUT2D eigenvalue weighted by Gasteiger charge is 2.52. The smallest absolute Gasteiger partial charge is 0.257 e. The van der Waals surface area contributed by atoms with Gasteiger partial charge in [-0.3, -0.25) is 4.79 Å². The second kappa shape index (κ2) is 5.08. The summed E-state index contributed by atoms with van der Waals surface area (Å²) in [6, 6.07) is 2.00. The normalized spacial score (nSPS) is 19.8. The summed E-state index contributed by atoms with van der Waals surface area (Å²) in [5, 5.41) is 3.84. The summed E-state index contributed by atoms with van der Waals surface area (Å²) in [7, 11) is 0. The van der Waals surface area contributed by atoms with E-state index in [4.69, 9.17) is 4.74 Å². The summed E-state index contributed by atoms with van der Waals surface area (Å²) < 4.78 is 6.65. The summed E-state index contributed by atoms with van der Waals surface area (Å²) >= 11 is 4.93. The Kier molecular flexibility index (Phi) is 3.90. The van der Waals surface area contributed by atoms with Gasteiger partial charge in [0.05, 0.1) is 10.4 Å². The van der Waals surface area contributed by atoms with E-state index in [0.717, 1.165) is 27.2 Å². The Hall–Kier alpha value is -0.390. The zero-order valence-corrected chi connectivity index (χ0v) is 12.4. The molecular weight excluding hydrogens is 302 g/mol. The van der Waals surface area contributed by atoms with Gasteiger partial charge in [-0.15, -0.1) is 11.3 Å². The second-order valence-corrected chi connectivity index (χ2v) is 6.78. The van der Waals surface area contributed by atoms with Crippen molar-refractivity contribution in [1.29, 1.82) is 0 Å². The molecule has 0 unspecified atom stereocenters. The molecule has 1 N–H and O–H groups in total. The molecule has 0 bridgehead atoms. The van der Waals surface area contributed by atoms with Crippen molar-refractivity contribution in [3.8, 4) is 0 Å². The van der Waals surface area contributed by atoms with E-state index in [2.05, 4.69) is 35.1 Å². The van der Waals surface area contributed by atoms with E-state index >= 15 is 0 Å². The molecule has 3 nitrogen and oxygen atoms in total. The van der Waals surface area contributed by atoms with Crippen molar-refractivity contribution < 1.29 is 9.53 Å². The first-order valence-electron chi connectivity index (χ1n) is 5.85. The highest BCUT2D eigenvalue weighted by molar-refractivity contribution is 9.11. The van der Waals surface area contributed by atoms with Gasteiger partial charge in [0.25, 0.3) is 5.91 Å². The molecule has 1 amide bonds. The van der Waals surface area contributed by atoms with Gasteiger partial charge < -0.3 is 10.1 Å². The van der Waals surface area contributed by atoms with Crippen LogP contribution in [0.15, 0.2) is 9.85 Å². The molecule has 1 aliphatic carbocycles. The van der Waals surface area contributed by atoms with Crippen molar-refractivity contribution >= 4 is 38.2 Å². The predicted octanol–water partition coefficient (Wildman–Crippen LogP) is 3.93. The molecule has 1 aromatic heterocycles. The number of anilines is 1. The molecule has 94 valence electrons. The first-order valence-corrected chi connectivity index (χ1v) is 7.46. The second-order valence-electron chi connectivity index (χ2n) is 4.35. The maximum Gasteiger partial charge on any atom is 0.257 e. The lowest BCUT2D eigenvalue weighted by Crippen LogP contribution is -2.29. The predicted molar refractivity (Wildman–Crippen MR) is 73.4 cm³/mol. The summed E-state index contributed by atoms with van der Waals surface area (Å²) in [4.78, 5) is 11.7. The lowest BCUT2D eigenvalue weighted by atomic mass is 10.3. The van der Waals surface area contributed by atoms with Crippen LogP contribution in [0.2, 0.25) is 0 Å². The fraction of sp³-hybridized carbons (Fsp3) is 0.583. The maximum absolute atomic E-state index is 11.7. The molecule has 2 heterocycles. The monoisotopic (exact) mass is 317 g/mol. The first-order chi connectivity index (χ1) is 8.11. The zero-order chi connectivity index (χ0) is 12.5. The zero-order valence-electron chi connectivity index (χ0n) is 10.0. The first kappa shape index (κ1) is 13.1. The van der Waals surface area contributed by atoms with Crippen LogP contribution in [0.25, 0.3) is 0 Å². The molecule has 5 heteroatoms. The Balaban J connectivity index is 0.000000329. The molecule has 1 saturated carbocycles. The standard InChI is InChI=1S/C9H8BrNO2S.C3H8/c10-6-3-5-4-13-9(1-2-9)8(12)11-7(5)14-6;1-3-2/h3H,1-2,4H2,(H,11,12);3H2,1-2H3. The fourth-order valence-corrected chi connectivity index (χ4v) is 3.14. The van der Waals surface area contributed by atoms with Crippen LogP contribution < -0.4 is 5.32 Å². The van der Waals surface area contributed by atoms with Gasteiger partial charge in [-0.25, -0.2) is 0 Å². The Bertz CT molecular complexity index is 426. The number of halogens is 1. The number of fused-ring (bicyclic) bond motifs is 1. The molecule has 0 radical (unpaired) electrons. The molecule has 1 spiro atoms. The number of carbonyl (C=O) groups is 1. The van der Waals surface area contributed by atoms with Crippen molar-refractivity contribution in [3.05, 3.63) is 15.4 Å². The number of hydrogen-bond acceptors (Lipinski definition) is 3. The molecule has 3 rings (SSSR count). The van der Waals surface area contributed by atoms with Crippen molar-refractivity contribution in [2.24, 2.45) is 0 Å². The summed E-state index contributed by atoms with van der Waals surface area (Å²) in [6.07, 6.45) is 2.96. The molecule has 0 saturated heterocycles. The van der Waals surface area contributed by atoms with Crippen LogP contribution in [-0.2, 0) is 16.1 Å². The van der Waals surface area contributed by atoms with E-state index in [-0.39, 0.29) is 5.91 Å². The van der Waals surface area contributed by atoms with E-state index in [9.17, 15) is 4.79 Å². The Morgan fingerprint density at radius 3 is 2.76 bits per heavy atom. The van der Waals surface area contributed by atoms with Crippen molar-refractivity contribution in [3.63, 3.8) is 0 Å². The van der Waals surface area contributed by atoms with Crippen LogP contribution >= 0.6 is 27.3 Å². The maximum atomic E-state index is 11.7. The molecule has 1 fully saturated rings. The van der Waals surface area contributed by atoms with Gasteiger partial charge >= 0.3 is 0 Å². The number of thiophene rings is 1. The Labute approximate surface area is 114 Å². The highest BCUT2D eigenvalue weighted by atomic mass is 79.9. The summed E-state index contributed by atoms with van der Waals surface area (Å²) in [5.74, 6) is 0.0191. The van der Waals surface area contributed by atoms with Gasteiger partial charge in [0, 0.05) is 5.56 Å². The average molecular weight is 318 g/mol. The third-order valence-corrected chi connectivity index (χ3v) is 4.22. The van der Waals surface area contributed by atoms with E-state index in [1.165, 1.54) is 6.42 Å². The highest BCUT2D eigenvalue weighted by Crippen LogP contribution is 2.45. The van der Waals surface area contributed by atoms with Crippen LogP contribution in [-0.4, -0.2) is 11.5 Å². The number of ether oxygens (including phenoxy) is 1. The minimum absolute atomic E-state index is 0.0191. The molecule has 1 aliphatic heterocycles. The fourth-order valence-electron chi connectivity index (χ4n) is 1.59. The van der Waals surface area contributed by atoms with Crippen molar-refractivity contribution in [1.82, 2.24) is 0 Å². The number of carbonyl (C=O) groups excluding carboxylic acids is 1. The van der Waals surface area contributed by atoms with Gasteiger partial charge in [-0.1, -0.05) is 20.3 Å². The third kappa shape index (κ3) is 2.72. The average Bonchev–Trinajstić information content (AvgIpc) is 2.99. The van der Waals surface area contributed by atoms with Crippen LogP contribution in [0.3, 0.4) is 0 Å². The Morgan fingerprint density at radius 2 is 2.18 bits per heavy atom. The quantitative estimate of drug-likeness (QED) is 0.787. The van der Waals surface area contributed by atoms with Gasteiger partial charge in [-0.05, 0) is 34.8 Å². The molecule has 1 aromatic rings. The third-order valence-electron chi connectivity index (χ3n) is 2.63. The SMILES string of the molecule is CCC.O=C1Nc2sc(Br)cc2COC12CC2. The number of rotatable bonds is 0. The van der Waals surface area contributed by atoms with Crippen LogP contribution in [0.4, 0.5) is 5.00 Å². The largest absolute Gasteiger partial charge is 0.360 e. The molecule has 0 atom stereocenters. The van der Waals surface area contributed by atoms with Crippen LogP contribution in [0.1, 0.15) is 38.7 Å². The summed E-state index contributed by atoms with van der Waals surface area (Å²) in [5.41, 5.74) is 0.574. The van der Waals surface area contributed by atoms with E-state index in [1.807, 2.05) is 6.07 Å². The van der Waals surface area contributed by atoms with Crippen LogP contribution in [0.5, 0.6) is 0 Å². The van der Waals surface area contributed by atoms with E-state index in [1.54, 1.807) is 11.3 Å². The molecule has 0 aromatic carbocycles. The topological polar surface area (TPSA) is 38.3 Å². The van der Waals surface area contributed by atoms with Gasteiger partial charge in [0.15, 0.2) is 0 Å². The van der Waals surface area contributed by atoms with E-state index < -0.39 is 5.60 Å². The minimum Gasteiger partial charge on any atom is -0.360 e. The number of amides is 1. The molecule has 17 heavy (non-hydrogen) atoms.